The molecule has 2 aromatic rings. The van der Waals surface area contributed by atoms with Gasteiger partial charge >= 0.3 is 6.03 Å². The van der Waals surface area contributed by atoms with Crippen LogP contribution in [0, 0.1) is 5.82 Å². The van der Waals surface area contributed by atoms with E-state index in [-0.39, 0.29) is 31.5 Å². The molecule has 1 heterocycles. The molecular weight excluding hydrogens is 366 g/mol. The quantitative estimate of drug-likeness (QED) is 0.829. The average molecular weight is 386 g/mol. The Morgan fingerprint density at radius 1 is 1.14 bits per heavy atom. The molecule has 0 spiro atoms. The van der Waals surface area contributed by atoms with Crippen molar-refractivity contribution in [1.82, 2.24) is 15.5 Å². The van der Waals surface area contributed by atoms with Crippen LogP contribution < -0.4 is 10.6 Å². The standard InChI is InChI=1S/C20H20F2N4O2/c1-26-12-17(22)18(25-20(26)28-13-14-7-3-2-4-8-14)24-19(27)23-11-15-9-5-6-10-16(15)21/h2-10H,11-13H2,1H3,(H2,23,24,27). The summed E-state index contributed by atoms with van der Waals surface area (Å²) in [7, 11) is 1.64. The highest BCUT2D eigenvalue weighted by atomic mass is 19.1. The highest BCUT2D eigenvalue weighted by molar-refractivity contribution is 5.80. The van der Waals surface area contributed by atoms with Gasteiger partial charge in [-0.05, 0) is 11.6 Å². The normalized spacial score (nSPS) is 13.8. The molecule has 0 aliphatic carbocycles. The van der Waals surface area contributed by atoms with Crippen LogP contribution in [0.1, 0.15) is 11.1 Å². The molecule has 2 N–H and O–H groups in total. The van der Waals surface area contributed by atoms with E-state index in [0.717, 1.165) is 5.56 Å². The average Bonchev–Trinajstić information content (AvgIpc) is 2.69. The van der Waals surface area contributed by atoms with Gasteiger partial charge in [0.05, 0.1) is 6.54 Å². The van der Waals surface area contributed by atoms with E-state index in [1.165, 1.54) is 11.0 Å². The molecule has 2 aromatic carbocycles. The molecule has 28 heavy (non-hydrogen) atoms. The van der Waals surface area contributed by atoms with E-state index in [9.17, 15) is 13.6 Å². The second-order valence-electron chi connectivity index (χ2n) is 6.18. The molecule has 8 heteroatoms. The van der Waals surface area contributed by atoms with Crippen LogP contribution in [0.15, 0.2) is 71.2 Å². The van der Waals surface area contributed by atoms with Crippen LogP contribution in [0.5, 0.6) is 0 Å². The highest BCUT2D eigenvalue weighted by Crippen LogP contribution is 2.15. The summed E-state index contributed by atoms with van der Waals surface area (Å²) in [5, 5.41) is 4.82. The molecule has 2 amide bonds. The number of nitrogens with one attached hydrogen (secondary N) is 2. The lowest BCUT2D eigenvalue weighted by atomic mass is 10.2. The predicted molar refractivity (Wildman–Crippen MR) is 101 cm³/mol. The molecule has 0 radical (unpaired) electrons. The fourth-order valence-electron chi connectivity index (χ4n) is 2.52. The van der Waals surface area contributed by atoms with Crippen molar-refractivity contribution in [3.8, 4) is 0 Å². The van der Waals surface area contributed by atoms with Gasteiger partial charge in [0, 0.05) is 19.2 Å². The lowest BCUT2D eigenvalue weighted by Crippen LogP contribution is -2.40. The zero-order valence-corrected chi connectivity index (χ0v) is 15.3. The van der Waals surface area contributed by atoms with Gasteiger partial charge in [-0.25, -0.2) is 13.6 Å². The van der Waals surface area contributed by atoms with Crippen LogP contribution in [0.2, 0.25) is 0 Å². The highest BCUT2D eigenvalue weighted by Gasteiger charge is 2.22. The Labute approximate surface area is 161 Å². The number of rotatable bonds is 5. The van der Waals surface area contributed by atoms with Crippen LogP contribution in [0.4, 0.5) is 13.6 Å². The van der Waals surface area contributed by atoms with Gasteiger partial charge in [-0.2, -0.15) is 4.99 Å². The smallest absolute Gasteiger partial charge is 0.320 e. The third kappa shape index (κ3) is 5.06. The van der Waals surface area contributed by atoms with Gasteiger partial charge in [-0.1, -0.05) is 48.5 Å². The number of carbonyl (C=O) groups is 1. The molecule has 0 atom stereocenters. The van der Waals surface area contributed by atoms with Gasteiger partial charge < -0.3 is 15.0 Å². The number of halogens is 2. The third-order valence-electron chi connectivity index (χ3n) is 4.01. The molecule has 6 nitrogen and oxygen atoms in total. The largest absolute Gasteiger partial charge is 0.460 e. The lowest BCUT2D eigenvalue weighted by molar-refractivity contribution is 0.227. The number of hydrogen-bond acceptors (Lipinski definition) is 4. The topological polar surface area (TPSA) is 66.0 Å². The molecule has 3 rings (SSSR count). The number of amides is 2. The van der Waals surface area contributed by atoms with E-state index >= 15 is 0 Å². The molecule has 0 aromatic heterocycles. The van der Waals surface area contributed by atoms with Crippen molar-refractivity contribution in [3.05, 3.63) is 83.2 Å². The van der Waals surface area contributed by atoms with E-state index in [1.54, 1.807) is 25.2 Å². The molecule has 1 aliphatic heterocycles. The number of carbonyl (C=O) groups excluding carboxylic acids is 1. The number of likely N-dealkylation sites (N-methyl/N-ethyl adjacent to an activating group) is 1. The first-order valence-corrected chi connectivity index (χ1v) is 8.66. The fraction of sp³-hybridized carbons (Fsp3) is 0.200. The summed E-state index contributed by atoms with van der Waals surface area (Å²) in [6.07, 6.45) is 0. The first kappa shape index (κ1) is 19.3. The van der Waals surface area contributed by atoms with Crippen LogP contribution in [0.3, 0.4) is 0 Å². The minimum Gasteiger partial charge on any atom is -0.460 e. The minimum absolute atomic E-state index is 0.0333. The van der Waals surface area contributed by atoms with Crippen molar-refractivity contribution in [2.24, 2.45) is 4.99 Å². The van der Waals surface area contributed by atoms with Gasteiger partial charge in [0.2, 0.25) is 0 Å². The van der Waals surface area contributed by atoms with E-state index in [0.29, 0.717) is 5.56 Å². The summed E-state index contributed by atoms with van der Waals surface area (Å²) in [4.78, 5) is 17.6. The Balaban J connectivity index is 1.60. The van der Waals surface area contributed by atoms with Crippen LogP contribution in [0.25, 0.3) is 0 Å². The van der Waals surface area contributed by atoms with Crippen molar-refractivity contribution >= 4 is 12.1 Å². The van der Waals surface area contributed by atoms with E-state index in [2.05, 4.69) is 15.6 Å². The molecule has 1 aliphatic rings. The summed E-state index contributed by atoms with van der Waals surface area (Å²) in [5.41, 5.74) is 1.26. The number of hydrogen-bond donors (Lipinski definition) is 2. The molecule has 0 bridgehead atoms. The first-order valence-electron chi connectivity index (χ1n) is 8.66. The maximum Gasteiger partial charge on any atom is 0.320 e. The number of ether oxygens (including phenoxy) is 1. The van der Waals surface area contributed by atoms with Crippen LogP contribution in [-0.2, 0) is 17.9 Å². The lowest BCUT2D eigenvalue weighted by Gasteiger charge is -2.25. The molecule has 146 valence electrons. The van der Waals surface area contributed by atoms with Gasteiger partial charge in [-0.3, -0.25) is 5.32 Å². The SMILES string of the molecule is CN1CC(F)=C(NC(=O)NCc2ccccc2F)N=C1OCc1ccccc1. The second-order valence-corrected chi connectivity index (χ2v) is 6.18. The van der Waals surface area contributed by atoms with Crippen molar-refractivity contribution in [3.63, 3.8) is 0 Å². The maximum absolute atomic E-state index is 14.2. The zero-order valence-electron chi connectivity index (χ0n) is 15.3. The number of amidine groups is 1. The Hall–Kier alpha value is -3.42. The van der Waals surface area contributed by atoms with E-state index in [4.69, 9.17) is 4.74 Å². The van der Waals surface area contributed by atoms with Crippen LogP contribution in [-0.4, -0.2) is 30.5 Å². The number of benzene rings is 2. The molecule has 0 unspecified atom stereocenters. The van der Waals surface area contributed by atoms with Gasteiger partial charge in [0.25, 0.3) is 6.02 Å². The summed E-state index contributed by atoms with van der Waals surface area (Å²) in [6, 6.07) is 15.0. The van der Waals surface area contributed by atoms with Gasteiger partial charge in [-0.15, -0.1) is 0 Å². The number of aliphatic imine (C=N–C) groups is 1. The molecule has 0 saturated carbocycles. The number of urea groups is 1. The van der Waals surface area contributed by atoms with E-state index < -0.39 is 17.7 Å². The summed E-state index contributed by atoms with van der Waals surface area (Å²) >= 11 is 0. The van der Waals surface area contributed by atoms with Crippen molar-refractivity contribution in [2.45, 2.75) is 13.2 Å². The summed E-state index contributed by atoms with van der Waals surface area (Å²) in [5.74, 6) is -1.26. The Morgan fingerprint density at radius 3 is 2.61 bits per heavy atom. The fourth-order valence-corrected chi connectivity index (χ4v) is 2.52. The first-order chi connectivity index (χ1) is 13.5. The Morgan fingerprint density at radius 2 is 1.86 bits per heavy atom. The molecule has 0 saturated heterocycles. The summed E-state index contributed by atoms with van der Waals surface area (Å²) < 4.78 is 33.4. The zero-order chi connectivity index (χ0) is 19.9. The van der Waals surface area contributed by atoms with Crippen molar-refractivity contribution < 1.29 is 18.3 Å². The van der Waals surface area contributed by atoms with Gasteiger partial charge in [0.1, 0.15) is 12.4 Å². The maximum atomic E-state index is 14.2. The van der Waals surface area contributed by atoms with E-state index in [1.807, 2.05) is 30.3 Å². The molecule has 0 fully saturated rings. The van der Waals surface area contributed by atoms with Crippen LogP contribution >= 0.6 is 0 Å². The third-order valence-corrected chi connectivity index (χ3v) is 4.01. The Kier molecular flexibility index (Phi) is 6.21. The monoisotopic (exact) mass is 386 g/mol. The molecular formula is C20H20F2N4O2. The minimum atomic E-state index is -0.691. The van der Waals surface area contributed by atoms with Crippen molar-refractivity contribution in [2.75, 3.05) is 13.6 Å². The second kappa shape index (κ2) is 8.98. The predicted octanol–water partition coefficient (Wildman–Crippen LogP) is 3.28. The Bertz CT molecular complexity index is 900. The van der Waals surface area contributed by atoms with Crippen molar-refractivity contribution in [1.29, 1.82) is 0 Å². The summed E-state index contributed by atoms with van der Waals surface area (Å²) in [6.45, 7) is 0.142. The number of nitrogens with zero attached hydrogens (tertiary/aromatic N) is 2. The van der Waals surface area contributed by atoms with Gasteiger partial charge in [0.15, 0.2) is 11.6 Å².